The van der Waals surface area contributed by atoms with Crippen LogP contribution >= 0.6 is 22.9 Å². The first-order chi connectivity index (χ1) is 9.36. The summed E-state index contributed by atoms with van der Waals surface area (Å²) in [6.45, 7) is 7.29. The van der Waals surface area contributed by atoms with Crippen LogP contribution in [0.15, 0.2) is 35.7 Å². The fourth-order valence-corrected chi connectivity index (χ4v) is 3.25. The molecule has 2 aromatic rings. The molecule has 0 fully saturated rings. The van der Waals surface area contributed by atoms with Crippen LogP contribution < -0.4 is 5.32 Å². The van der Waals surface area contributed by atoms with Gasteiger partial charge >= 0.3 is 0 Å². The molecule has 0 radical (unpaired) electrons. The molecule has 0 spiro atoms. The van der Waals surface area contributed by atoms with E-state index < -0.39 is 0 Å². The standard InChI is InChI=1S/C16H19ClFNS/c1-16(2,3)15(11-4-6-13(18)7-5-11)19-9-14-8-12(17)10-20-14/h4-8,10,15,19H,9H2,1-3H3. The van der Waals surface area contributed by atoms with Crippen molar-refractivity contribution in [2.45, 2.75) is 33.4 Å². The molecule has 0 aliphatic rings. The number of hydrogen-bond acceptors (Lipinski definition) is 2. The third kappa shape index (κ3) is 4.05. The Morgan fingerprint density at radius 1 is 1.25 bits per heavy atom. The summed E-state index contributed by atoms with van der Waals surface area (Å²) in [7, 11) is 0. The molecular formula is C16H19ClFNS. The molecule has 0 amide bonds. The second-order valence-electron chi connectivity index (χ2n) is 5.96. The highest BCUT2D eigenvalue weighted by molar-refractivity contribution is 7.10. The van der Waals surface area contributed by atoms with Gasteiger partial charge < -0.3 is 5.32 Å². The summed E-state index contributed by atoms with van der Waals surface area (Å²) in [5, 5.41) is 6.27. The summed E-state index contributed by atoms with van der Waals surface area (Å²) in [4.78, 5) is 1.20. The van der Waals surface area contributed by atoms with E-state index in [4.69, 9.17) is 11.6 Å². The Morgan fingerprint density at radius 3 is 2.40 bits per heavy atom. The van der Waals surface area contributed by atoms with Gasteiger partial charge in [-0.2, -0.15) is 0 Å². The normalized spacial score (nSPS) is 13.4. The van der Waals surface area contributed by atoms with Crippen LogP contribution in [0, 0.1) is 11.2 Å². The van der Waals surface area contributed by atoms with Gasteiger partial charge in [0.05, 0.1) is 5.02 Å². The number of nitrogens with one attached hydrogen (secondary N) is 1. The van der Waals surface area contributed by atoms with Gasteiger partial charge in [0, 0.05) is 22.8 Å². The minimum absolute atomic E-state index is 0.0406. The maximum atomic E-state index is 13.1. The van der Waals surface area contributed by atoms with Crippen molar-refractivity contribution >= 4 is 22.9 Å². The number of hydrogen-bond donors (Lipinski definition) is 1. The van der Waals surface area contributed by atoms with Crippen molar-refractivity contribution < 1.29 is 4.39 Å². The summed E-state index contributed by atoms with van der Waals surface area (Å²) in [6.07, 6.45) is 0. The van der Waals surface area contributed by atoms with E-state index in [1.807, 2.05) is 23.6 Å². The second-order valence-corrected chi connectivity index (χ2v) is 7.39. The van der Waals surface area contributed by atoms with Crippen LogP contribution in [0.5, 0.6) is 0 Å². The van der Waals surface area contributed by atoms with Gasteiger partial charge in [-0.15, -0.1) is 11.3 Å². The lowest BCUT2D eigenvalue weighted by atomic mass is 9.82. The molecule has 0 aliphatic carbocycles. The van der Waals surface area contributed by atoms with Crippen molar-refractivity contribution in [3.8, 4) is 0 Å². The fraction of sp³-hybridized carbons (Fsp3) is 0.375. The molecule has 4 heteroatoms. The molecule has 108 valence electrons. The molecular weight excluding hydrogens is 293 g/mol. The highest BCUT2D eigenvalue weighted by Gasteiger charge is 2.25. The third-order valence-electron chi connectivity index (χ3n) is 3.17. The van der Waals surface area contributed by atoms with Crippen LogP contribution in [0.1, 0.15) is 37.3 Å². The van der Waals surface area contributed by atoms with Gasteiger partial charge in [0.25, 0.3) is 0 Å². The van der Waals surface area contributed by atoms with Crippen LogP contribution in [0.4, 0.5) is 4.39 Å². The van der Waals surface area contributed by atoms with Crippen LogP contribution in [-0.2, 0) is 6.54 Å². The summed E-state index contributed by atoms with van der Waals surface area (Å²) in [5.74, 6) is -0.202. The number of benzene rings is 1. The van der Waals surface area contributed by atoms with E-state index in [0.29, 0.717) is 0 Å². The molecule has 1 nitrogen and oxygen atoms in total. The maximum absolute atomic E-state index is 13.1. The highest BCUT2D eigenvalue weighted by atomic mass is 35.5. The van der Waals surface area contributed by atoms with E-state index in [0.717, 1.165) is 17.1 Å². The summed E-state index contributed by atoms with van der Waals surface area (Å²) < 4.78 is 13.1. The van der Waals surface area contributed by atoms with Crippen molar-refractivity contribution in [2.24, 2.45) is 5.41 Å². The molecule has 0 saturated heterocycles. The lowest BCUT2D eigenvalue weighted by Crippen LogP contribution is -2.31. The molecule has 20 heavy (non-hydrogen) atoms. The molecule has 1 N–H and O–H groups in total. The minimum atomic E-state index is -0.202. The Kier molecular flexibility index (Phi) is 4.84. The predicted molar refractivity (Wildman–Crippen MR) is 84.8 cm³/mol. The Balaban J connectivity index is 2.14. The monoisotopic (exact) mass is 311 g/mol. The number of thiophene rings is 1. The molecule has 0 aliphatic heterocycles. The second kappa shape index (κ2) is 6.25. The summed E-state index contributed by atoms with van der Waals surface area (Å²) >= 11 is 7.59. The van der Waals surface area contributed by atoms with E-state index >= 15 is 0 Å². The van der Waals surface area contributed by atoms with Crippen LogP contribution in [0.25, 0.3) is 0 Å². The largest absolute Gasteiger partial charge is 0.305 e. The number of halogens is 2. The van der Waals surface area contributed by atoms with Gasteiger partial charge in [0.2, 0.25) is 0 Å². The Labute approximate surface area is 128 Å². The van der Waals surface area contributed by atoms with Crippen molar-refractivity contribution in [2.75, 3.05) is 0 Å². The zero-order chi connectivity index (χ0) is 14.8. The molecule has 1 unspecified atom stereocenters. The predicted octanol–water partition coefficient (Wildman–Crippen LogP) is 5.42. The van der Waals surface area contributed by atoms with Gasteiger partial charge in [0.1, 0.15) is 5.82 Å². The molecule has 2 rings (SSSR count). The molecule has 1 aromatic heterocycles. The first kappa shape index (κ1) is 15.5. The van der Waals surface area contributed by atoms with Gasteiger partial charge in [0.15, 0.2) is 0 Å². The van der Waals surface area contributed by atoms with Crippen LogP contribution in [0.2, 0.25) is 5.02 Å². The SMILES string of the molecule is CC(C)(C)C(NCc1cc(Cl)cs1)c1ccc(F)cc1. The zero-order valence-corrected chi connectivity index (χ0v) is 13.5. The van der Waals surface area contributed by atoms with Crippen LogP contribution in [-0.4, -0.2) is 0 Å². The molecule has 0 saturated carbocycles. The average molecular weight is 312 g/mol. The Bertz CT molecular complexity index is 557. The van der Waals surface area contributed by atoms with Gasteiger partial charge in [-0.1, -0.05) is 44.5 Å². The van der Waals surface area contributed by atoms with Gasteiger partial charge in [-0.05, 0) is 29.2 Å². The zero-order valence-electron chi connectivity index (χ0n) is 11.9. The smallest absolute Gasteiger partial charge is 0.123 e. The van der Waals surface area contributed by atoms with E-state index in [2.05, 4.69) is 26.1 Å². The van der Waals surface area contributed by atoms with Crippen molar-refractivity contribution in [3.05, 3.63) is 57.0 Å². The first-order valence-electron chi connectivity index (χ1n) is 6.58. The molecule has 1 heterocycles. The highest BCUT2D eigenvalue weighted by Crippen LogP contribution is 2.33. The molecule has 1 aromatic carbocycles. The quantitative estimate of drug-likeness (QED) is 0.795. The van der Waals surface area contributed by atoms with E-state index in [1.165, 1.54) is 17.0 Å². The molecule has 1 atom stereocenters. The summed E-state index contributed by atoms with van der Waals surface area (Å²) in [5.41, 5.74) is 1.14. The average Bonchev–Trinajstić information content (AvgIpc) is 2.76. The van der Waals surface area contributed by atoms with E-state index in [-0.39, 0.29) is 17.3 Å². The van der Waals surface area contributed by atoms with Crippen molar-refractivity contribution in [1.82, 2.24) is 5.32 Å². The third-order valence-corrected chi connectivity index (χ3v) is 4.46. The maximum Gasteiger partial charge on any atom is 0.123 e. The Hall–Kier alpha value is -0.900. The van der Waals surface area contributed by atoms with Gasteiger partial charge in [-0.3, -0.25) is 0 Å². The summed E-state index contributed by atoms with van der Waals surface area (Å²) in [6, 6.07) is 8.85. The first-order valence-corrected chi connectivity index (χ1v) is 7.84. The van der Waals surface area contributed by atoms with E-state index in [1.54, 1.807) is 11.3 Å². The topological polar surface area (TPSA) is 12.0 Å². The van der Waals surface area contributed by atoms with E-state index in [9.17, 15) is 4.39 Å². The van der Waals surface area contributed by atoms with Gasteiger partial charge in [-0.25, -0.2) is 4.39 Å². The number of rotatable bonds is 4. The fourth-order valence-electron chi connectivity index (χ4n) is 2.23. The Morgan fingerprint density at radius 2 is 1.90 bits per heavy atom. The molecule has 0 bridgehead atoms. The van der Waals surface area contributed by atoms with Crippen molar-refractivity contribution in [1.29, 1.82) is 0 Å². The lowest BCUT2D eigenvalue weighted by Gasteiger charge is -2.32. The minimum Gasteiger partial charge on any atom is -0.305 e. The van der Waals surface area contributed by atoms with Crippen molar-refractivity contribution in [3.63, 3.8) is 0 Å². The van der Waals surface area contributed by atoms with Crippen LogP contribution in [0.3, 0.4) is 0 Å². The lowest BCUT2D eigenvalue weighted by molar-refractivity contribution is 0.271.